The third kappa shape index (κ3) is 5.57. The summed E-state index contributed by atoms with van der Waals surface area (Å²) in [6.07, 6.45) is 6.96. The Morgan fingerprint density at radius 3 is 2.74 bits per heavy atom. The maximum atomic E-state index is 12.3. The number of urea groups is 1. The van der Waals surface area contributed by atoms with Gasteiger partial charge in [-0.15, -0.1) is 11.3 Å². The van der Waals surface area contributed by atoms with E-state index in [9.17, 15) is 9.59 Å². The van der Waals surface area contributed by atoms with E-state index in [1.54, 1.807) is 36.7 Å². The first-order valence-corrected chi connectivity index (χ1v) is 12.3. The summed E-state index contributed by atoms with van der Waals surface area (Å²) in [6, 6.07) is 3.23. The Bertz CT molecular complexity index is 1160. The van der Waals surface area contributed by atoms with E-state index >= 15 is 0 Å². The van der Waals surface area contributed by atoms with E-state index in [4.69, 9.17) is 9.72 Å². The Labute approximate surface area is 202 Å². The number of rotatable bonds is 7. The van der Waals surface area contributed by atoms with Gasteiger partial charge in [-0.1, -0.05) is 0 Å². The second kappa shape index (κ2) is 11.2. The molecule has 0 saturated carbocycles. The van der Waals surface area contributed by atoms with Crippen LogP contribution in [-0.2, 0) is 4.74 Å². The summed E-state index contributed by atoms with van der Waals surface area (Å²) >= 11 is 1.56. The molecule has 0 atom stereocenters. The zero-order valence-electron chi connectivity index (χ0n) is 19.3. The number of carbonyl (C=O) groups is 2. The van der Waals surface area contributed by atoms with Gasteiger partial charge in [0.05, 0.1) is 17.9 Å². The van der Waals surface area contributed by atoms with E-state index in [2.05, 4.69) is 31.3 Å². The minimum absolute atomic E-state index is 0.286. The topological polar surface area (TPSA) is 118 Å². The highest BCUT2D eigenvalue weighted by Crippen LogP contribution is 2.37. The molecule has 0 aliphatic carbocycles. The third-order valence-corrected chi connectivity index (χ3v) is 6.45. The monoisotopic (exact) mass is 480 g/mol. The number of aromatic nitrogens is 3. The average molecular weight is 481 g/mol. The maximum Gasteiger partial charge on any atom is 0.339 e. The smallest absolute Gasteiger partial charge is 0.339 e. The first-order valence-electron chi connectivity index (χ1n) is 11.4. The van der Waals surface area contributed by atoms with Gasteiger partial charge in [-0.2, -0.15) is 0 Å². The molecule has 3 N–H and O–H groups in total. The average Bonchev–Trinajstić information content (AvgIpc) is 3.35. The first kappa shape index (κ1) is 23.8. The zero-order valence-corrected chi connectivity index (χ0v) is 20.1. The van der Waals surface area contributed by atoms with Crippen molar-refractivity contribution in [2.45, 2.75) is 32.6 Å². The highest BCUT2D eigenvalue weighted by atomic mass is 32.1. The third-order valence-electron chi connectivity index (χ3n) is 5.55. The molecule has 3 aromatic rings. The van der Waals surface area contributed by atoms with E-state index in [1.165, 1.54) is 6.20 Å². The van der Waals surface area contributed by atoms with Gasteiger partial charge >= 0.3 is 12.0 Å². The van der Waals surface area contributed by atoms with E-state index in [0.29, 0.717) is 23.8 Å². The van der Waals surface area contributed by atoms with Gasteiger partial charge in [0.2, 0.25) is 0 Å². The second-order valence-electron chi connectivity index (χ2n) is 7.88. The van der Waals surface area contributed by atoms with Gasteiger partial charge in [0.1, 0.15) is 10.8 Å². The number of thiazole rings is 1. The summed E-state index contributed by atoms with van der Waals surface area (Å²) < 4.78 is 5.13. The van der Waals surface area contributed by atoms with Crippen LogP contribution in [-0.4, -0.2) is 53.2 Å². The van der Waals surface area contributed by atoms with Gasteiger partial charge in [-0.05, 0) is 51.9 Å². The molecule has 4 rings (SSSR count). The molecule has 1 aliphatic heterocycles. The number of carbonyl (C=O) groups excluding carboxylic acids is 2. The lowest BCUT2D eigenvalue weighted by Crippen LogP contribution is -2.28. The van der Waals surface area contributed by atoms with Crippen molar-refractivity contribution in [3.63, 3.8) is 0 Å². The fraction of sp³-hybridized carbons (Fsp3) is 0.375. The van der Waals surface area contributed by atoms with Crippen molar-refractivity contribution in [2.75, 3.05) is 31.6 Å². The molecule has 1 saturated heterocycles. The lowest BCUT2D eigenvalue weighted by atomic mass is 9.95. The minimum Gasteiger partial charge on any atom is -0.462 e. The number of anilines is 1. The quantitative estimate of drug-likeness (QED) is 0.437. The van der Waals surface area contributed by atoms with Crippen molar-refractivity contribution in [1.29, 1.82) is 0 Å². The number of nitrogens with one attached hydrogen (secondary N) is 3. The second-order valence-corrected chi connectivity index (χ2v) is 8.74. The molecule has 2 amide bonds. The summed E-state index contributed by atoms with van der Waals surface area (Å²) in [5.74, 6) is 0.416. The van der Waals surface area contributed by atoms with Crippen LogP contribution in [0.25, 0.3) is 21.7 Å². The molecule has 10 heteroatoms. The standard InChI is InChI=1S/C24H28N6O3S/c1-3-27-24(32)30-21-10-18(22-29-20(14-34-22)15-5-7-25-8-6-15)19(13-28-21)16-9-17(12-26-11-16)23(31)33-4-2/h9-15,25H,3-8H2,1-2H3,(H2,27,28,30,32). The Balaban J connectivity index is 1.73. The van der Waals surface area contributed by atoms with Crippen molar-refractivity contribution in [2.24, 2.45) is 0 Å². The Kier molecular flexibility index (Phi) is 7.81. The van der Waals surface area contributed by atoms with Crippen LogP contribution < -0.4 is 16.0 Å². The minimum atomic E-state index is -0.427. The van der Waals surface area contributed by atoms with Gasteiger partial charge in [0.25, 0.3) is 0 Å². The predicted octanol–water partition coefficient (Wildman–Crippen LogP) is 4.05. The molecule has 178 valence electrons. The van der Waals surface area contributed by atoms with E-state index in [0.717, 1.165) is 53.3 Å². The largest absolute Gasteiger partial charge is 0.462 e. The summed E-state index contributed by atoms with van der Waals surface area (Å²) in [5.41, 5.74) is 3.75. The highest BCUT2D eigenvalue weighted by molar-refractivity contribution is 7.13. The molecule has 0 spiro atoms. The van der Waals surface area contributed by atoms with Crippen molar-refractivity contribution in [3.05, 3.63) is 47.4 Å². The number of esters is 1. The van der Waals surface area contributed by atoms with Crippen LogP contribution in [0.3, 0.4) is 0 Å². The number of pyridine rings is 2. The number of hydrogen-bond acceptors (Lipinski definition) is 8. The van der Waals surface area contributed by atoms with E-state index < -0.39 is 5.97 Å². The molecule has 0 bridgehead atoms. The molecule has 3 aromatic heterocycles. The Morgan fingerprint density at radius 1 is 1.15 bits per heavy atom. The molecule has 34 heavy (non-hydrogen) atoms. The van der Waals surface area contributed by atoms with Gasteiger partial charge in [0.15, 0.2) is 0 Å². The highest BCUT2D eigenvalue weighted by Gasteiger charge is 2.21. The number of nitrogens with zero attached hydrogens (tertiary/aromatic N) is 3. The SMILES string of the molecule is CCNC(=O)Nc1cc(-c2nc(C3CCNCC3)cs2)c(-c2cncc(C(=O)OCC)c2)cn1. The van der Waals surface area contributed by atoms with Crippen molar-refractivity contribution < 1.29 is 14.3 Å². The molecule has 0 unspecified atom stereocenters. The van der Waals surface area contributed by atoms with Gasteiger partial charge < -0.3 is 15.4 Å². The van der Waals surface area contributed by atoms with Gasteiger partial charge in [0, 0.05) is 53.1 Å². The van der Waals surface area contributed by atoms with Crippen LogP contribution in [0.1, 0.15) is 48.7 Å². The molecule has 1 aliphatic rings. The summed E-state index contributed by atoms with van der Waals surface area (Å²) in [4.78, 5) is 37.9. The Hall–Kier alpha value is -3.37. The fourth-order valence-corrected chi connectivity index (χ4v) is 4.81. The summed E-state index contributed by atoms with van der Waals surface area (Å²) in [6.45, 7) is 6.39. The van der Waals surface area contributed by atoms with E-state index in [1.807, 2.05) is 13.0 Å². The van der Waals surface area contributed by atoms with E-state index in [-0.39, 0.29) is 12.6 Å². The Morgan fingerprint density at radius 2 is 1.97 bits per heavy atom. The zero-order chi connectivity index (χ0) is 23.9. The van der Waals surface area contributed by atoms with Crippen molar-refractivity contribution in [1.82, 2.24) is 25.6 Å². The van der Waals surface area contributed by atoms with Crippen molar-refractivity contribution in [3.8, 4) is 21.7 Å². The summed E-state index contributed by atoms with van der Waals surface area (Å²) in [5, 5.41) is 11.8. The van der Waals surface area contributed by atoms with Crippen LogP contribution in [0.4, 0.5) is 10.6 Å². The van der Waals surface area contributed by atoms with Crippen LogP contribution in [0.15, 0.2) is 36.1 Å². The molecule has 0 radical (unpaired) electrons. The van der Waals surface area contributed by atoms with Crippen molar-refractivity contribution >= 4 is 29.2 Å². The lowest BCUT2D eigenvalue weighted by Gasteiger charge is -2.20. The molecule has 1 fully saturated rings. The normalized spacial score (nSPS) is 13.9. The summed E-state index contributed by atoms with van der Waals surface area (Å²) in [7, 11) is 0. The molecular weight excluding hydrogens is 452 g/mol. The van der Waals surface area contributed by atoms with Crippen LogP contribution >= 0.6 is 11.3 Å². The molecule has 4 heterocycles. The maximum absolute atomic E-state index is 12.3. The molecular formula is C24H28N6O3S. The number of ether oxygens (including phenoxy) is 1. The molecule has 9 nitrogen and oxygen atoms in total. The fourth-order valence-electron chi connectivity index (χ4n) is 3.88. The molecule has 0 aromatic carbocycles. The number of amides is 2. The van der Waals surface area contributed by atoms with Crippen LogP contribution in [0.5, 0.6) is 0 Å². The number of piperidine rings is 1. The van der Waals surface area contributed by atoms with Gasteiger partial charge in [-0.3, -0.25) is 10.3 Å². The van der Waals surface area contributed by atoms with Gasteiger partial charge in [-0.25, -0.2) is 19.6 Å². The lowest BCUT2D eigenvalue weighted by molar-refractivity contribution is 0.0526. The predicted molar refractivity (Wildman–Crippen MR) is 132 cm³/mol. The van der Waals surface area contributed by atoms with Crippen LogP contribution in [0, 0.1) is 0 Å². The number of hydrogen-bond donors (Lipinski definition) is 3. The van der Waals surface area contributed by atoms with Crippen LogP contribution in [0.2, 0.25) is 0 Å². The first-order chi connectivity index (χ1) is 16.6.